The molecular weight excluding hydrogens is 1290 g/mol. The van der Waals surface area contributed by atoms with Crippen molar-refractivity contribution in [3.63, 3.8) is 0 Å². The molecule has 6 rings (SSSR count). The van der Waals surface area contributed by atoms with E-state index in [-0.39, 0.29) is 90.2 Å². The number of nitrogens with two attached hydrogens (primary N) is 1. The fourth-order valence-electron chi connectivity index (χ4n) is 6.20. The average molecular weight is 1350 g/mol. The fraction of sp³-hybridized carbons (Fsp3) is 0.440. The fourth-order valence-corrected chi connectivity index (χ4v) is 9.05. The maximum Gasteiger partial charge on any atom is 1.00 e. The van der Waals surface area contributed by atoms with Crippen LogP contribution in [0.25, 0.3) is 0 Å². The molecule has 420 valence electrons. The van der Waals surface area contributed by atoms with Gasteiger partial charge in [-0.25, -0.2) is 4.39 Å². The van der Waals surface area contributed by atoms with Crippen LogP contribution in [0.3, 0.4) is 0 Å². The first-order valence-corrected chi connectivity index (χ1v) is 25.9. The van der Waals surface area contributed by atoms with E-state index in [1.54, 1.807) is 27.7 Å². The minimum absolute atomic E-state index is 0. The Hall–Kier alpha value is -4.02. The summed E-state index contributed by atoms with van der Waals surface area (Å²) in [6, 6.07) is 17.4. The molecule has 2 atom stereocenters. The quantitative estimate of drug-likeness (QED) is 0.0296. The second kappa shape index (κ2) is 36.3. The SMILES string of the molecule is C1CCOC1.CC(CO)(CO)c1ccc([N+](=O)[O-])cc1Br.CC1(c2ccc(N)cc2Br)COC1.CCOC(=O)C(C)(C(C)=O)c1ccc([N+](=O)[O-])cc1Br.CCOC(=O)C(C)C(C)=O.O=[N+]([O-])c1ccc(F)c(Br)c1.[AlH3].[H-].[Li+]. The smallest absolute Gasteiger partial charge is 1.00 e. The standard InChI is InChI=1S/C13H14BrNO5.C10H12BrNO4.C10H12BrNO.C7H12O3.C6H3BrFNO2.C4H8O.Al.Li.4H/c1-4-20-12(17)13(3,8(2)16)10-6-5-9(15(18)19)7-11(10)14;1-10(5-13,6-14)8-3-2-7(12(15)16)4-9(8)11;1-10(5-13-6-10)8-3-2-7(12)4-9(8)11;1-4-10-7(9)5(2)6(3)8;7-5-3-4(9(10)11)1-2-6(5)8;1-2-4-5-3-1;;;;;;/h5-7H,4H2,1-3H3;2-4,13-14H,5-6H2,1H3;2-4H,5-6,12H2,1H3;5H,4H2,1-3H3;1-3H;1-4H2;;;;;;/q;;;;;;;+1;;;;-1. The number of carbonyl (C=O) groups is 4. The van der Waals surface area contributed by atoms with E-state index in [0.29, 0.717) is 26.7 Å². The van der Waals surface area contributed by atoms with Crippen LogP contribution in [-0.4, -0.2) is 119 Å². The number of non-ortho nitro benzene ring substituents is 3. The summed E-state index contributed by atoms with van der Waals surface area (Å²) in [5, 5.41) is 49.8. The number of esters is 2. The number of halogens is 5. The zero-order chi connectivity index (χ0) is 57.4. The van der Waals surface area contributed by atoms with Crippen LogP contribution in [0.5, 0.6) is 0 Å². The number of ketones is 2. The predicted molar refractivity (Wildman–Crippen MR) is 303 cm³/mol. The number of anilines is 1. The third-order valence-corrected chi connectivity index (χ3v) is 13.9. The van der Waals surface area contributed by atoms with Gasteiger partial charge in [-0.05, 0) is 111 Å². The molecule has 0 aromatic heterocycles. The number of benzene rings is 4. The van der Waals surface area contributed by atoms with Crippen molar-refractivity contribution in [1.29, 1.82) is 0 Å². The van der Waals surface area contributed by atoms with Crippen LogP contribution in [0.15, 0.2) is 90.7 Å². The Labute approximate surface area is 503 Å². The van der Waals surface area contributed by atoms with Gasteiger partial charge in [0.25, 0.3) is 17.1 Å². The maximum atomic E-state index is 12.5. The zero-order valence-corrected chi connectivity index (χ0v) is 49.8. The third kappa shape index (κ3) is 23.3. The summed E-state index contributed by atoms with van der Waals surface area (Å²) in [7, 11) is 0. The van der Waals surface area contributed by atoms with Crippen molar-refractivity contribution in [1.82, 2.24) is 0 Å². The molecule has 0 radical (unpaired) electrons. The van der Waals surface area contributed by atoms with Gasteiger partial charge in [0.05, 0.1) is 58.9 Å². The Morgan fingerprint density at radius 3 is 1.51 bits per heavy atom. The van der Waals surface area contributed by atoms with Gasteiger partial charge in [-0.3, -0.25) is 49.5 Å². The molecule has 4 aromatic rings. The number of aliphatic hydroxyl groups excluding tert-OH is 2. The summed E-state index contributed by atoms with van der Waals surface area (Å²) in [4.78, 5) is 75.0. The van der Waals surface area contributed by atoms with Gasteiger partial charge in [0, 0.05) is 79.5 Å². The number of hydrogen-bond acceptors (Lipinski definition) is 17. The second-order valence-electron chi connectivity index (χ2n) is 17.2. The summed E-state index contributed by atoms with van der Waals surface area (Å²) in [5.41, 5.74) is 6.30. The van der Waals surface area contributed by atoms with Crippen LogP contribution >= 0.6 is 63.7 Å². The van der Waals surface area contributed by atoms with E-state index >= 15 is 0 Å². The van der Waals surface area contributed by atoms with Gasteiger partial charge in [-0.2, -0.15) is 0 Å². The average Bonchev–Trinajstić information content (AvgIpc) is 3.95. The first-order chi connectivity index (χ1) is 35.0. The summed E-state index contributed by atoms with van der Waals surface area (Å²) in [6.45, 7) is 16.5. The second-order valence-corrected chi connectivity index (χ2v) is 20.6. The summed E-state index contributed by atoms with van der Waals surface area (Å²) in [6.07, 6.45) is 2.56. The Balaban J connectivity index is -0.000000887. The molecule has 27 heteroatoms. The molecule has 2 aliphatic heterocycles. The molecule has 0 aliphatic carbocycles. The van der Waals surface area contributed by atoms with Gasteiger partial charge in [-0.1, -0.05) is 73.8 Å². The van der Waals surface area contributed by atoms with Gasteiger partial charge < -0.3 is 36.3 Å². The minimum atomic E-state index is -1.50. The monoisotopic (exact) mass is 1350 g/mol. The van der Waals surface area contributed by atoms with Gasteiger partial charge in [-0.15, -0.1) is 0 Å². The Bertz CT molecular complexity index is 2630. The van der Waals surface area contributed by atoms with Gasteiger partial charge in [0.2, 0.25) is 0 Å². The molecule has 0 amide bonds. The molecule has 0 bridgehead atoms. The Kier molecular flexibility index (Phi) is 35.4. The molecule has 2 heterocycles. The van der Waals surface area contributed by atoms with Crippen LogP contribution in [0.2, 0.25) is 0 Å². The normalized spacial score (nSPS) is 13.7. The number of nitro groups is 3. The van der Waals surface area contributed by atoms with Crippen molar-refractivity contribution in [3.8, 4) is 0 Å². The number of nitrogen functional groups attached to an aromatic ring is 1. The van der Waals surface area contributed by atoms with E-state index in [9.17, 15) is 64.1 Å². The van der Waals surface area contributed by atoms with E-state index in [1.165, 1.54) is 75.6 Å². The van der Waals surface area contributed by atoms with Crippen LogP contribution < -0.4 is 24.6 Å². The molecule has 20 nitrogen and oxygen atoms in total. The topological polar surface area (TPSA) is 301 Å². The van der Waals surface area contributed by atoms with E-state index < -0.39 is 55.1 Å². The molecule has 0 spiro atoms. The Morgan fingerprint density at radius 2 is 1.18 bits per heavy atom. The number of nitro benzene ring substituents is 3. The van der Waals surface area contributed by atoms with E-state index in [0.717, 1.165) is 54.8 Å². The molecular formula is C50H65AlBr4FLiN4O16. The van der Waals surface area contributed by atoms with Crippen molar-refractivity contribution in [2.24, 2.45) is 5.92 Å². The van der Waals surface area contributed by atoms with Crippen molar-refractivity contribution in [3.05, 3.63) is 144 Å². The largest absolute Gasteiger partial charge is 1.00 e. The number of hydrogen-bond donors (Lipinski definition) is 3. The number of nitrogens with zero attached hydrogens (tertiary/aromatic N) is 3. The van der Waals surface area contributed by atoms with Crippen molar-refractivity contribution >= 4 is 127 Å². The van der Waals surface area contributed by atoms with E-state index in [1.807, 2.05) is 12.1 Å². The van der Waals surface area contributed by atoms with Crippen LogP contribution in [0.4, 0.5) is 27.1 Å². The molecule has 2 saturated heterocycles. The van der Waals surface area contributed by atoms with Crippen LogP contribution in [0, 0.1) is 42.1 Å². The summed E-state index contributed by atoms with van der Waals surface area (Å²) >= 11 is 12.7. The van der Waals surface area contributed by atoms with Crippen molar-refractivity contribution < 1.29 is 87.8 Å². The van der Waals surface area contributed by atoms with Crippen molar-refractivity contribution in [2.45, 2.75) is 84.5 Å². The third-order valence-electron chi connectivity index (χ3n) is 11.3. The first-order valence-electron chi connectivity index (χ1n) is 22.8. The summed E-state index contributed by atoms with van der Waals surface area (Å²) < 4.78 is 34.2. The predicted octanol–water partition coefficient (Wildman–Crippen LogP) is 6.69. The van der Waals surface area contributed by atoms with E-state index in [2.05, 4.69) is 81.4 Å². The minimum Gasteiger partial charge on any atom is -1.00 e. The van der Waals surface area contributed by atoms with Gasteiger partial charge in [0.1, 0.15) is 22.9 Å². The summed E-state index contributed by atoms with van der Waals surface area (Å²) in [5.74, 6) is -2.78. The van der Waals surface area contributed by atoms with Crippen molar-refractivity contribution in [2.75, 3.05) is 58.6 Å². The molecule has 4 N–H and O–H groups in total. The zero-order valence-electron chi connectivity index (χ0n) is 44.5. The number of carbonyl (C=O) groups excluding carboxylic acids is 4. The number of Topliss-reactive ketones (excluding diaryl/α,β-unsaturated/α-hetero) is 2. The molecule has 77 heavy (non-hydrogen) atoms. The van der Waals surface area contributed by atoms with Gasteiger partial charge in [0.15, 0.2) is 23.1 Å². The molecule has 2 unspecified atom stereocenters. The molecule has 2 fully saturated rings. The molecule has 2 aliphatic rings. The number of ether oxygens (including phenoxy) is 4. The van der Waals surface area contributed by atoms with Crippen LogP contribution in [-0.2, 0) is 54.4 Å². The van der Waals surface area contributed by atoms with Gasteiger partial charge >= 0.3 is 30.8 Å². The van der Waals surface area contributed by atoms with Crippen LogP contribution in [0.1, 0.15) is 86.3 Å². The molecule has 4 aromatic carbocycles. The first kappa shape index (κ1) is 75.1. The van der Waals surface area contributed by atoms with E-state index in [4.69, 9.17) is 19.9 Å². The number of aliphatic hydroxyl groups is 2. The molecule has 0 saturated carbocycles. The maximum absolute atomic E-state index is 12.5. The Morgan fingerprint density at radius 1 is 0.740 bits per heavy atom. The number of rotatable bonds is 14.